The predicted molar refractivity (Wildman–Crippen MR) is 107 cm³/mol. The summed E-state index contributed by atoms with van der Waals surface area (Å²) in [5, 5.41) is 2.80. The van der Waals surface area contributed by atoms with Crippen LogP contribution in [0.15, 0.2) is 47.6 Å². The van der Waals surface area contributed by atoms with Crippen molar-refractivity contribution < 1.29 is 13.2 Å². The number of fused-ring (bicyclic) bond motifs is 1. The van der Waals surface area contributed by atoms with Gasteiger partial charge in [-0.05, 0) is 37.3 Å². The minimum absolute atomic E-state index is 0.126. The lowest BCUT2D eigenvalue weighted by atomic mass is 10.2. The fourth-order valence-corrected chi connectivity index (χ4v) is 3.88. The number of sulfonamides is 1. The Labute approximate surface area is 164 Å². The van der Waals surface area contributed by atoms with Crippen LogP contribution in [-0.4, -0.2) is 47.3 Å². The lowest BCUT2D eigenvalue weighted by Crippen LogP contribution is -2.22. The van der Waals surface area contributed by atoms with Gasteiger partial charge in [-0.1, -0.05) is 0 Å². The molecule has 0 aliphatic carbocycles. The summed E-state index contributed by atoms with van der Waals surface area (Å²) in [6, 6.07) is 8.46. The van der Waals surface area contributed by atoms with Crippen LogP contribution in [0.4, 0.5) is 5.69 Å². The second-order valence-electron chi connectivity index (χ2n) is 6.50. The Morgan fingerprint density at radius 2 is 2.04 bits per heavy atom. The lowest BCUT2D eigenvalue weighted by Gasteiger charge is -2.11. The number of nitrogens with one attached hydrogen (secondary N) is 1. The molecule has 2 heterocycles. The fraction of sp³-hybridized carbons (Fsp3) is 0.316. The second-order valence-corrected chi connectivity index (χ2v) is 8.65. The van der Waals surface area contributed by atoms with Crippen LogP contribution in [0.3, 0.4) is 0 Å². The molecule has 0 saturated carbocycles. The molecule has 1 N–H and O–H groups in total. The molecule has 8 nitrogen and oxygen atoms in total. The number of aromatic nitrogens is 3. The van der Waals surface area contributed by atoms with Crippen LogP contribution in [-0.2, 0) is 27.8 Å². The molecule has 0 bridgehead atoms. The van der Waals surface area contributed by atoms with E-state index >= 15 is 0 Å². The molecule has 0 aliphatic heterocycles. The van der Waals surface area contributed by atoms with Crippen molar-refractivity contribution in [1.82, 2.24) is 18.8 Å². The van der Waals surface area contributed by atoms with E-state index in [1.54, 1.807) is 42.7 Å². The van der Waals surface area contributed by atoms with Gasteiger partial charge in [0.15, 0.2) is 0 Å². The van der Waals surface area contributed by atoms with E-state index in [2.05, 4.69) is 15.3 Å². The molecule has 0 saturated heterocycles. The summed E-state index contributed by atoms with van der Waals surface area (Å²) in [7, 11) is -0.532. The molecule has 3 aromatic rings. The van der Waals surface area contributed by atoms with Gasteiger partial charge in [-0.2, -0.15) is 0 Å². The summed E-state index contributed by atoms with van der Waals surface area (Å²) in [6.45, 7) is 2.67. The molecule has 1 amide bonds. The minimum Gasteiger partial charge on any atom is -0.328 e. The van der Waals surface area contributed by atoms with E-state index in [9.17, 15) is 13.2 Å². The summed E-state index contributed by atoms with van der Waals surface area (Å²) in [5.41, 5.74) is 2.10. The van der Waals surface area contributed by atoms with Crippen LogP contribution >= 0.6 is 0 Å². The zero-order chi connectivity index (χ0) is 20.3. The summed E-state index contributed by atoms with van der Waals surface area (Å²) in [4.78, 5) is 21.0. The largest absolute Gasteiger partial charge is 0.328 e. The van der Waals surface area contributed by atoms with Gasteiger partial charge in [0.05, 0.1) is 27.8 Å². The molecular weight excluding hydrogens is 378 g/mol. The van der Waals surface area contributed by atoms with Crippen LogP contribution in [0.2, 0.25) is 0 Å². The number of anilines is 1. The fourth-order valence-electron chi connectivity index (χ4n) is 2.96. The smallest absolute Gasteiger partial charge is 0.242 e. The molecule has 0 spiro atoms. The number of nitrogens with zero attached hydrogens (tertiary/aromatic N) is 4. The second kappa shape index (κ2) is 8.07. The number of rotatable bonds is 7. The number of carbonyl (C=O) groups is 1. The van der Waals surface area contributed by atoms with Crippen molar-refractivity contribution in [1.29, 1.82) is 0 Å². The minimum atomic E-state index is -3.52. The zero-order valence-electron chi connectivity index (χ0n) is 16.1. The van der Waals surface area contributed by atoms with Gasteiger partial charge >= 0.3 is 0 Å². The molecule has 0 aliphatic rings. The first-order valence-corrected chi connectivity index (χ1v) is 10.4. The quantitative estimate of drug-likeness (QED) is 0.655. The Kier molecular flexibility index (Phi) is 5.76. The molecular formula is C19H23N5O3S. The number of carbonyl (C=O) groups excluding carboxylic acids is 1. The molecule has 3 rings (SSSR count). The van der Waals surface area contributed by atoms with Crippen LogP contribution in [0.5, 0.6) is 0 Å². The van der Waals surface area contributed by atoms with Crippen LogP contribution in [0.25, 0.3) is 11.0 Å². The van der Waals surface area contributed by atoms with Crippen molar-refractivity contribution in [2.24, 2.45) is 0 Å². The first-order chi connectivity index (χ1) is 13.3. The normalized spacial score (nSPS) is 11.9. The molecule has 0 unspecified atom stereocenters. The van der Waals surface area contributed by atoms with Gasteiger partial charge in [0.2, 0.25) is 15.9 Å². The average Bonchev–Trinajstić information content (AvgIpc) is 3.03. The number of hydrogen-bond acceptors (Lipinski definition) is 5. The maximum Gasteiger partial charge on any atom is 0.242 e. The van der Waals surface area contributed by atoms with Crippen LogP contribution < -0.4 is 5.32 Å². The van der Waals surface area contributed by atoms with E-state index in [1.165, 1.54) is 18.4 Å². The molecule has 2 aromatic heterocycles. The van der Waals surface area contributed by atoms with Gasteiger partial charge in [-0.3, -0.25) is 9.78 Å². The van der Waals surface area contributed by atoms with Crippen LogP contribution in [0.1, 0.15) is 19.2 Å². The number of imidazole rings is 1. The van der Waals surface area contributed by atoms with Crippen molar-refractivity contribution in [3.05, 3.63) is 48.5 Å². The molecule has 0 atom stereocenters. The molecule has 0 radical (unpaired) electrons. The van der Waals surface area contributed by atoms with Gasteiger partial charge in [0.25, 0.3) is 0 Å². The number of amides is 1. The third-order valence-electron chi connectivity index (χ3n) is 4.41. The Hall–Kier alpha value is -2.78. The van der Waals surface area contributed by atoms with Crippen molar-refractivity contribution in [3.63, 3.8) is 0 Å². The number of aryl methyl sites for hydroxylation is 2. The molecule has 9 heteroatoms. The first kappa shape index (κ1) is 20.0. The van der Waals surface area contributed by atoms with Gasteiger partial charge in [-0.25, -0.2) is 17.7 Å². The van der Waals surface area contributed by atoms with Crippen molar-refractivity contribution in [2.45, 2.75) is 31.2 Å². The Balaban J connectivity index is 1.82. The highest BCUT2D eigenvalue weighted by molar-refractivity contribution is 7.89. The summed E-state index contributed by atoms with van der Waals surface area (Å²) < 4.78 is 27.9. The third kappa shape index (κ3) is 4.05. The summed E-state index contributed by atoms with van der Waals surface area (Å²) in [5.74, 6) is 0.622. The van der Waals surface area contributed by atoms with Gasteiger partial charge in [0.1, 0.15) is 5.82 Å². The molecule has 28 heavy (non-hydrogen) atoms. The Morgan fingerprint density at radius 3 is 2.68 bits per heavy atom. The summed E-state index contributed by atoms with van der Waals surface area (Å²) >= 11 is 0. The van der Waals surface area contributed by atoms with E-state index in [0.29, 0.717) is 24.2 Å². The molecule has 148 valence electrons. The monoisotopic (exact) mass is 401 g/mol. The SMILES string of the molecule is CCn1c(CCC(=O)Nc2cccnc2)nc2cc(S(=O)(=O)N(C)C)ccc21. The van der Waals surface area contributed by atoms with Crippen LogP contribution in [0, 0.1) is 0 Å². The summed E-state index contributed by atoms with van der Waals surface area (Å²) in [6.07, 6.45) is 3.95. The van der Waals surface area contributed by atoms with Gasteiger partial charge in [0, 0.05) is 39.7 Å². The van der Waals surface area contributed by atoms with E-state index in [-0.39, 0.29) is 17.2 Å². The molecule has 0 fully saturated rings. The van der Waals surface area contributed by atoms with Gasteiger partial charge in [-0.15, -0.1) is 0 Å². The first-order valence-electron chi connectivity index (χ1n) is 8.94. The molecule has 1 aromatic carbocycles. The maximum atomic E-state index is 12.4. The highest BCUT2D eigenvalue weighted by atomic mass is 32.2. The number of hydrogen-bond donors (Lipinski definition) is 1. The van der Waals surface area contributed by atoms with Crippen molar-refractivity contribution in [3.8, 4) is 0 Å². The zero-order valence-corrected chi connectivity index (χ0v) is 16.9. The van der Waals surface area contributed by atoms with E-state index in [4.69, 9.17) is 0 Å². The van der Waals surface area contributed by atoms with Crippen molar-refractivity contribution >= 4 is 32.7 Å². The third-order valence-corrected chi connectivity index (χ3v) is 6.23. The topological polar surface area (TPSA) is 97.2 Å². The lowest BCUT2D eigenvalue weighted by molar-refractivity contribution is -0.116. The highest BCUT2D eigenvalue weighted by Crippen LogP contribution is 2.23. The van der Waals surface area contributed by atoms with E-state index in [0.717, 1.165) is 11.3 Å². The maximum absolute atomic E-state index is 12.4. The average molecular weight is 401 g/mol. The standard InChI is InChI=1S/C19H23N5O3S/c1-4-24-17-8-7-15(28(26,27)23(2)3)12-16(17)22-18(24)9-10-19(25)21-14-6-5-11-20-13-14/h5-8,11-13H,4,9-10H2,1-3H3,(H,21,25). The van der Waals surface area contributed by atoms with Gasteiger partial charge < -0.3 is 9.88 Å². The number of pyridine rings is 1. The highest BCUT2D eigenvalue weighted by Gasteiger charge is 2.19. The Morgan fingerprint density at radius 1 is 1.25 bits per heavy atom. The number of benzene rings is 1. The van der Waals surface area contributed by atoms with E-state index < -0.39 is 10.0 Å². The van der Waals surface area contributed by atoms with E-state index in [1.807, 2.05) is 11.5 Å². The van der Waals surface area contributed by atoms with Crippen molar-refractivity contribution in [2.75, 3.05) is 19.4 Å². The predicted octanol–water partition coefficient (Wildman–Crippen LogP) is 2.27. The Bertz CT molecular complexity index is 1090.